The summed E-state index contributed by atoms with van der Waals surface area (Å²) in [5.74, 6) is -2.86. The van der Waals surface area contributed by atoms with Crippen LogP contribution in [0.4, 0.5) is 43.8 Å². The first-order chi connectivity index (χ1) is 21.1. The molecule has 45 heavy (non-hydrogen) atoms. The Kier molecular flexibility index (Phi) is 9.36. The highest BCUT2D eigenvalue weighted by molar-refractivity contribution is 7.18. The first-order valence-electron chi connectivity index (χ1n) is 13.5. The van der Waals surface area contributed by atoms with Gasteiger partial charge in [-0.15, -0.1) is 0 Å². The Hall–Kier alpha value is -3.40. The van der Waals surface area contributed by atoms with Gasteiger partial charge >= 0.3 is 18.3 Å². The zero-order valence-electron chi connectivity index (χ0n) is 23.6. The minimum absolute atomic E-state index is 0.0439. The number of benzene rings is 2. The van der Waals surface area contributed by atoms with Gasteiger partial charge in [0.05, 0.1) is 11.3 Å². The molecule has 0 atom stereocenters. The summed E-state index contributed by atoms with van der Waals surface area (Å²) in [4.78, 5) is 34.8. The highest BCUT2D eigenvalue weighted by atomic mass is 35.5. The molecule has 2 aromatic carbocycles. The number of thiazole rings is 1. The number of anilines is 3. The Labute approximate surface area is 267 Å². The number of nitrogens with zero attached hydrogens (tertiary/aromatic N) is 6. The Balaban J connectivity index is 1.65. The van der Waals surface area contributed by atoms with Crippen LogP contribution < -0.4 is 9.96 Å². The van der Waals surface area contributed by atoms with Crippen LogP contribution in [0.15, 0.2) is 42.5 Å². The van der Waals surface area contributed by atoms with Gasteiger partial charge in [-0.3, -0.25) is 4.90 Å². The second-order valence-electron chi connectivity index (χ2n) is 10.3. The van der Waals surface area contributed by atoms with Crippen LogP contribution in [0.2, 0.25) is 10.0 Å². The minimum Gasteiger partial charge on any atom is -0.338 e. The summed E-state index contributed by atoms with van der Waals surface area (Å²) in [6.45, 7) is 6.37. The van der Waals surface area contributed by atoms with Crippen LogP contribution in [0, 0.1) is 0 Å². The van der Waals surface area contributed by atoms with Gasteiger partial charge in [0.25, 0.3) is 0 Å². The van der Waals surface area contributed by atoms with E-state index in [9.17, 15) is 31.1 Å². The van der Waals surface area contributed by atoms with Crippen LogP contribution in [0.25, 0.3) is 10.3 Å². The van der Waals surface area contributed by atoms with Crippen molar-refractivity contribution in [1.82, 2.24) is 19.9 Å². The second-order valence-corrected chi connectivity index (χ2v) is 12.2. The Bertz CT molecular complexity index is 1670. The summed E-state index contributed by atoms with van der Waals surface area (Å²) in [7, 11) is 0. The highest BCUT2D eigenvalue weighted by Crippen LogP contribution is 2.38. The smallest absolute Gasteiger partial charge is 0.338 e. The van der Waals surface area contributed by atoms with Crippen molar-refractivity contribution in [3.8, 4) is 0 Å². The summed E-state index contributed by atoms with van der Waals surface area (Å²) >= 11 is 13.8. The van der Waals surface area contributed by atoms with Crippen LogP contribution in [-0.4, -0.2) is 64.2 Å². The average Bonchev–Trinajstić information content (AvgIpc) is 3.39. The van der Waals surface area contributed by atoms with Gasteiger partial charge in [0.1, 0.15) is 10.5 Å². The maximum atomic E-state index is 13.4. The lowest BCUT2D eigenvalue weighted by Crippen LogP contribution is -2.49. The zero-order valence-corrected chi connectivity index (χ0v) is 25.9. The Morgan fingerprint density at radius 1 is 0.956 bits per heavy atom. The molecule has 0 aliphatic carbocycles. The fraction of sp³-hybridized carbons (Fsp3) is 0.357. The molecule has 1 saturated heterocycles. The molecule has 0 radical (unpaired) electrons. The third-order valence-electron chi connectivity index (χ3n) is 7.02. The predicted octanol–water partition coefficient (Wildman–Crippen LogP) is 7.69. The van der Waals surface area contributed by atoms with Gasteiger partial charge in [0.2, 0.25) is 11.8 Å². The average molecular weight is 694 g/mol. The monoisotopic (exact) mass is 692 g/mol. The van der Waals surface area contributed by atoms with Crippen LogP contribution in [0.3, 0.4) is 0 Å². The van der Waals surface area contributed by atoms with Gasteiger partial charge in [-0.1, -0.05) is 40.6 Å². The molecule has 0 N–H and O–H groups in total. The molecule has 4 aromatic rings. The number of aromatic nitrogens is 3. The predicted molar refractivity (Wildman–Crippen MR) is 159 cm³/mol. The van der Waals surface area contributed by atoms with Gasteiger partial charge in [-0.25, -0.2) is 9.78 Å². The maximum Gasteiger partial charge on any atom is 0.493 e. The van der Waals surface area contributed by atoms with E-state index in [1.165, 1.54) is 0 Å². The lowest BCUT2D eigenvalue weighted by atomic mass is 10.1. The molecule has 0 unspecified atom stereocenters. The third kappa shape index (κ3) is 7.37. The normalized spacial score (nSPS) is 14.8. The number of rotatable bonds is 7. The maximum absolute atomic E-state index is 13.4. The standard InChI is InChI=1S/C28H24Cl2F6N6O2S/c1-15(2)40-10-12-41(13-11-40)26-38-23(22-24(39-26)45-21(37-22)14-18-19(29)4-3-5-20(18)30)42(44-25(43)28(34,35)36)17-8-6-16(7-9-17)27(31,32)33/h3-9,15H,10-14H2,1-2H3. The number of alkyl halides is 6. The van der Waals surface area contributed by atoms with Crippen molar-refractivity contribution in [2.45, 2.75) is 38.7 Å². The molecule has 8 nitrogen and oxygen atoms in total. The quantitative estimate of drug-likeness (QED) is 0.144. The first kappa shape index (κ1) is 33.0. The largest absolute Gasteiger partial charge is 0.493 e. The van der Waals surface area contributed by atoms with Crippen molar-refractivity contribution in [1.29, 1.82) is 0 Å². The number of fused-ring (bicyclic) bond motifs is 1. The third-order valence-corrected chi connectivity index (χ3v) is 8.67. The first-order valence-corrected chi connectivity index (χ1v) is 15.0. The van der Waals surface area contributed by atoms with Crippen molar-refractivity contribution < 1.29 is 36.0 Å². The summed E-state index contributed by atoms with van der Waals surface area (Å²) in [5, 5.41) is 1.57. The molecule has 3 heterocycles. The molecule has 1 aliphatic rings. The van der Waals surface area contributed by atoms with Crippen LogP contribution in [0.1, 0.15) is 30.0 Å². The number of hydrogen-bond donors (Lipinski definition) is 0. The van der Waals surface area contributed by atoms with Gasteiger partial charge < -0.3 is 9.74 Å². The molecule has 0 amide bonds. The molecule has 17 heteroatoms. The van der Waals surface area contributed by atoms with Crippen molar-refractivity contribution in [2.24, 2.45) is 0 Å². The summed E-state index contributed by atoms with van der Waals surface area (Å²) in [6, 6.07) is 8.27. The van der Waals surface area contributed by atoms with E-state index in [0.717, 1.165) is 23.5 Å². The van der Waals surface area contributed by atoms with Crippen molar-refractivity contribution >= 4 is 68.3 Å². The summed E-state index contributed by atoms with van der Waals surface area (Å²) in [6.07, 6.45) is -10.0. The topological polar surface area (TPSA) is 74.7 Å². The van der Waals surface area contributed by atoms with E-state index in [1.54, 1.807) is 18.2 Å². The van der Waals surface area contributed by atoms with Gasteiger partial charge in [0.15, 0.2) is 4.83 Å². The van der Waals surface area contributed by atoms with E-state index in [0.29, 0.717) is 64.0 Å². The fourth-order valence-electron chi connectivity index (χ4n) is 4.63. The van der Waals surface area contributed by atoms with E-state index in [1.807, 2.05) is 4.90 Å². The van der Waals surface area contributed by atoms with Gasteiger partial charge in [-0.2, -0.15) is 41.4 Å². The number of halogens is 8. The SMILES string of the molecule is CC(C)N1CCN(c2nc(N(OC(=O)C(F)(F)F)c3ccc(C(F)(F)F)cc3)c3nc(Cc4c(Cl)cccc4Cl)sc3n2)CC1. The molecule has 0 saturated carbocycles. The van der Waals surface area contributed by atoms with E-state index < -0.39 is 23.9 Å². The summed E-state index contributed by atoms with van der Waals surface area (Å²) < 4.78 is 80.2. The molecule has 5 rings (SSSR count). The zero-order chi connectivity index (χ0) is 32.7. The second kappa shape index (κ2) is 12.8. The molecular formula is C28H24Cl2F6N6O2S. The molecule has 0 bridgehead atoms. The number of hydrogen-bond acceptors (Lipinski definition) is 9. The van der Waals surface area contributed by atoms with Crippen molar-refractivity contribution in [3.63, 3.8) is 0 Å². The van der Waals surface area contributed by atoms with Gasteiger partial charge in [0, 0.05) is 48.7 Å². The van der Waals surface area contributed by atoms with Crippen molar-refractivity contribution in [2.75, 3.05) is 36.1 Å². The lowest BCUT2D eigenvalue weighted by molar-refractivity contribution is -0.199. The molecule has 1 aliphatic heterocycles. The van der Waals surface area contributed by atoms with E-state index >= 15 is 0 Å². The van der Waals surface area contributed by atoms with Crippen LogP contribution in [-0.2, 0) is 22.2 Å². The molecular weight excluding hydrogens is 669 g/mol. The van der Waals surface area contributed by atoms with E-state index in [4.69, 9.17) is 28.0 Å². The molecule has 240 valence electrons. The number of carbonyl (C=O) groups is 1. The Morgan fingerprint density at radius 2 is 1.58 bits per heavy atom. The number of piperazine rings is 1. The highest BCUT2D eigenvalue weighted by Gasteiger charge is 2.44. The van der Waals surface area contributed by atoms with Crippen molar-refractivity contribution in [3.05, 3.63) is 68.6 Å². The van der Waals surface area contributed by atoms with Crippen LogP contribution >= 0.6 is 34.5 Å². The molecule has 1 fully saturated rings. The van der Waals surface area contributed by atoms with Gasteiger partial charge in [-0.05, 0) is 55.8 Å². The Morgan fingerprint density at radius 3 is 2.13 bits per heavy atom. The lowest BCUT2D eigenvalue weighted by Gasteiger charge is -2.37. The molecule has 2 aromatic heterocycles. The molecule has 0 spiro atoms. The van der Waals surface area contributed by atoms with E-state index in [-0.39, 0.29) is 40.3 Å². The number of carbonyl (C=O) groups excluding carboxylic acids is 1. The van der Waals surface area contributed by atoms with E-state index in [2.05, 4.69) is 33.7 Å². The fourth-order valence-corrected chi connectivity index (χ4v) is 6.10. The van der Waals surface area contributed by atoms with Crippen LogP contribution in [0.5, 0.6) is 0 Å². The summed E-state index contributed by atoms with van der Waals surface area (Å²) in [5.41, 5.74) is -0.891. The minimum atomic E-state index is -5.43.